The Balaban J connectivity index is 1.60. The van der Waals surface area contributed by atoms with Gasteiger partial charge in [-0.2, -0.15) is 0 Å². The number of nitrogens with one attached hydrogen (secondary N) is 1. The van der Waals surface area contributed by atoms with Gasteiger partial charge in [0.15, 0.2) is 0 Å². The minimum Gasteiger partial charge on any atom is -0.336 e. The maximum absolute atomic E-state index is 11.5. The predicted molar refractivity (Wildman–Crippen MR) is 85.4 cm³/mol. The molecule has 2 fully saturated rings. The van der Waals surface area contributed by atoms with Gasteiger partial charge in [-0.05, 0) is 45.4 Å². The van der Waals surface area contributed by atoms with Gasteiger partial charge < -0.3 is 25.8 Å². The van der Waals surface area contributed by atoms with Gasteiger partial charge in [0, 0.05) is 39.3 Å². The van der Waals surface area contributed by atoms with Crippen molar-refractivity contribution in [3.05, 3.63) is 0 Å². The molecule has 2 heterocycles. The van der Waals surface area contributed by atoms with E-state index >= 15 is 0 Å². The first-order valence-electron chi connectivity index (χ1n) is 8.47. The van der Waals surface area contributed by atoms with Gasteiger partial charge in [0.05, 0.1) is 0 Å². The number of nitrogens with two attached hydrogens (primary N) is 1. The van der Waals surface area contributed by atoms with Crippen LogP contribution in [-0.4, -0.2) is 86.2 Å². The minimum atomic E-state index is 0.103. The predicted octanol–water partition coefficient (Wildman–Crippen LogP) is 0.148. The average Bonchev–Trinajstić information content (AvgIpc) is 2.76. The summed E-state index contributed by atoms with van der Waals surface area (Å²) in [4.78, 5) is 18.5. The van der Waals surface area contributed by atoms with Crippen molar-refractivity contribution in [2.24, 2.45) is 5.73 Å². The average molecular weight is 297 g/mol. The zero-order chi connectivity index (χ0) is 14.9. The Bertz CT molecular complexity index is 312. The molecule has 0 radical (unpaired) electrons. The fraction of sp³-hybridized carbons (Fsp3) is 0.933. The molecule has 0 spiro atoms. The second kappa shape index (κ2) is 9.23. The van der Waals surface area contributed by atoms with E-state index in [0.29, 0.717) is 0 Å². The van der Waals surface area contributed by atoms with E-state index in [9.17, 15) is 4.79 Å². The molecular formula is C15H31N5O. The van der Waals surface area contributed by atoms with Gasteiger partial charge in [-0.15, -0.1) is 0 Å². The fourth-order valence-corrected chi connectivity index (χ4v) is 3.11. The van der Waals surface area contributed by atoms with E-state index < -0.39 is 0 Å². The van der Waals surface area contributed by atoms with Crippen LogP contribution in [0.5, 0.6) is 0 Å². The van der Waals surface area contributed by atoms with E-state index in [2.05, 4.69) is 15.1 Å². The van der Waals surface area contributed by atoms with E-state index in [1.165, 1.54) is 32.4 Å². The summed E-state index contributed by atoms with van der Waals surface area (Å²) in [6, 6.07) is 0.103. The number of amides is 2. The van der Waals surface area contributed by atoms with Crippen LogP contribution in [0, 0.1) is 0 Å². The maximum atomic E-state index is 11.5. The topological polar surface area (TPSA) is 64.8 Å². The lowest BCUT2D eigenvalue weighted by Crippen LogP contribution is -2.38. The first kappa shape index (κ1) is 16.5. The molecule has 2 aliphatic rings. The normalized spacial score (nSPS) is 21.6. The fourth-order valence-electron chi connectivity index (χ4n) is 3.11. The number of urea groups is 1. The number of unbranched alkanes of at least 4 members (excludes halogenated alkanes) is 2. The SMILES string of the molecule is NCCCCCN1CCCN(CCN2CCNC2=O)CC1. The molecule has 2 aliphatic heterocycles. The summed E-state index contributed by atoms with van der Waals surface area (Å²) in [5.41, 5.74) is 5.53. The molecule has 0 aliphatic carbocycles. The van der Waals surface area contributed by atoms with Gasteiger partial charge in [0.1, 0.15) is 0 Å². The summed E-state index contributed by atoms with van der Waals surface area (Å²) in [5.74, 6) is 0. The Hall–Kier alpha value is -0.850. The van der Waals surface area contributed by atoms with Crippen LogP contribution in [-0.2, 0) is 0 Å². The zero-order valence-corrected chi connectivity index (χ0v) is 13.2. The van der Waals surface area contributed by atoms with E-state index in [1.54, 1.807) is 0 Å². The Labute approximate surface area is 128 Å². The van der Waals surface area contributed by atoms with Gasteiger partial charge in [-0.3, -0.25) is 0 Å². The van der Waals surface area contributed by atoms with Crippen LogP contribution < -0.4 is 11.1 Å². The highest BCUT2D eigenvalue weighted by Gasteiger charge is 2.20. The van der Waals surface area contributed by atoms with E-state index in [4.69, 9.17) is 5.73 Å². The van der Waals surface area contributed by atoms with Crippen molar-refractivity contribution < 1.29 is 4.79 Å². The van der Waals surface area contributed by atoms with Crippen LogP contribution in [0.15, 0.2) is 0 Å². The third-order valence-electron chi connectivity index (χ3n) is 4.49. The first-order chi connectivity index (χ1) is 10.3. The highest BCUT2D eigenvalue weighted by atomic mass is 16.2. The van der Waals surface area contributed by atoms with E-state index in [-0.39, 0.29) is 6.03 Å². The number of carbonyl (C=O) groups excluding carboxylic acids is 1. The molecular weight excluding hydrogens is 266 g/mol. The molecule has 6 heteroatoms. The highest BCUT2D eigenvalue weighted by molar-refractivity contribution is 5.76. The van der Waals surface area contributed by atoms with Crippen LogP contribution in [0.4, 0.5) is 4.79 Å². The van der Waals surface area contributed by atoms with E-state index in [1.807, 2.05) is 4.90 Å². The van der Waals surface area contributed by atoms with Gasteiger partial charge in [-0.1, -0.05) is 6.42 Å². The third-order valence-corrected chi connectivity index (χ3v) is 4.49. The molecule has 0 aromatic carbocycles. The smallest absolute Gasteiger partial charge is 0.317 e. The van der Waals surface area contributed by atoms with Crippen molar-refractivity contribution in [2.75, 3.05) is 65.4 Å². The summed E-state index contributed by atoms with van der Waals surface area (Å²) in [6.45, 7) is 10.2. The molecule has 3 N–H and O–H groups in total. The minimum absolute atomic E-state index is 0.103. The summed E-state index contributed by atoms with van der Waals surface area (Å²) in [7, 11) is 0. The number of carbonyl (C=O) groups is 1. The van der Waals surface area contributed by atoms with Crippen molar-refractivity contribution >= 4 is 6.03 Å². The molecule has 2 amide bonds. The lowest BCUT2D eigenvalue weighted by molar-refractivity contribution is 0.200. The van der Waals surface area contributed by atoms with Gasteiger partial charge in [-0.25, -0.2) is 4.79 Å². The molecule has 122 valence electrons. The molecule has 0 atom stereocenters. The summed E-state index contributed by atoms with van der Waals surface area (Å²) in [5, 5.41) is 2.86. The first-order valence-corrected chi connectivity index (χ1v) is 8.47. The second-order valence-electron chi connectivity index (χ2n) is 6.11. The van der Waals surface area contributed by atoms with Crippen LogP contribution in [0.2, 0.25) is 0 Å². The van der Waals surface area contributed by atoms with Crippen molar-refractivity contribution in [1.82, 2.24) is 20.0 Å². The monoisotopic (exact) mass is 297 g/mol. The van der Waals surface area contributed by atoms with Crippen molar-refractivity contribution in [3.8, 4) is 0 Å². The Kier molecular flexibility index (Phi) is 7.26. The number of hydrogen-bond donors (Lipinski definition) is 2. The molecule has 2 rings (SSSR count). The Morgan fingerprint density at radius 1 is 0.905 bits per heavy atom. The van der Waals surface area contributed by atoms with Crippen LogP contribution in [0.25, 0.3) is 0 Å². The van der Waals surface area contributed by atoms with E-state index in [0.717, 1.165) is 58.8 Å². The Morgan fingerprint density at radius 2 is 1.67 bits per heavy atom. The second-order valence-corrected chi connectivity index (χ2v) is 6.11. The standard InChI is InChI=1S/C15H31N5O/c16-5-2-1-3-7-18-8-4-9-19(12-11-18)13-14-20-10-6-17-15(20)21/h1-14,16H2,(H,17,21). The van der Waals surface area contributed by atoms with Crippen molar-refractivity contribution in [1.29, 1.82) is 0 Å². The zero-order valence-electron chi connectivity index (χ0n) is 13.2. The molecule has 6 nitrogen and oxygen atoms in total. The van der Waals surface area contributed by atoms with Gasteiger partial charge in [0.2, 0.25) is 0 Å². The summed E-state index contributed by atoms with van der Waals surface area (Å²) in [6.07, 6.45) is 4.91. The van der Waals surface area contributed by atoms with Crippen LogP contribution in [0.3, 0.4) is 0 Å². The summed E-state index contributed by atoms with van der Waals surface area (Å²) >= 11 is 0. The van der Waals surface area contributed by atoms with Gasteiger partial charge in [0.25, 0.3) is 0 Å². The third kappa shape index (κ3) is 5.80. The number of nitrogens with zero attached hydrogens (tertiary/aromatic N) is 3. The quantitative estimate of drug-likeness (QED) is 0.626. The van der Waals surface area contributed by atoms with Crippen molar-refractivity contribution in [2.45, 2.75) is 25.7 Å². The number of rotatable bonds is 8. The van der Waals surface area contributed by atoms with Crippen LogP contribution in [0.1, 0.15) is 25.7 Å². The molecule has 0 aromatic rings. The Morgan fingerprint density at radius 3 is 2.33 bits per heavy atom. The van der Waals surface area contributed by atoms with Crippen molar-refractivity contribution in [3.63, 3.8) is 0 Å². The highest BCUT2D eigenvalue weighted by Crippen LogP contribution is 2.06. The number of hydrogen-bond acceptors (Lipinski definition) is 4. The van der Waals surface area contributed by atoms with Gasteiger partial charge >= 0.3 is 6.03 Å². The van der Waals surface area contributed by atoms with Crippen LogP contribution >= 0.6 is 0 Å². The molecule has 0 aromatic heterocycles. The molecule has 0 bridgehead atoms. The molecule has 21 heavy (non-hydrogen) atoms. The molecule has 0 saturated carbocycles. The summed E-state index contributed by atoms with van der Waals surface area (Å²) < 4.78 is 0. The largest absolute Gasteiger partial charge is 0.336 e. The lowest BCUT2D eigenvalue weighted by atomic mass is 10.2. The maximum Gasteiger partial charge on any atom is 0.317 e. The molecule has 2 saturated heterocycles. The molecule has 0 unspecified atom stereocenters. The lowest BCUT2D eigenvalue weighted by Gasteiger charge is -2.24.